The van der Waals surface area contributed by atoms with E-state index in [4.69, 9.17) is 0 Å². The van der Waals surface area contributed by atoms with Gasteiger partial charge < -0.3 is 10.6 Å². The molecule has 4 atom stereocenters. The topological polar surface area (TPSA) is 88.0 Å². The Morgan fingerprint density at radius 2 is 2.30 bits per heavy atom. The second kappa shape index (κ2) is 8.14. The Balaban J connectivity index is 1.32. The largest absolute Gasteiger partial charge is 0.352 e. The molecule has 3 saturated heterocycles. The van der Waals surface area contributed by atoms with E-state index in [1.54, 1.807) is 12.4 Å². The average Bonchev–Trinajstić information content (AvgIpc) is 3.14. The highest BCUT2D eigenvalue weighted by Crippen LogP contribution is 2.36. The molecule has 144 valence electrons. The number of piperidine rings is 3. The van der Waals surface area contributed by atoms with Gasteiger partial charge in [-0.15, -0.1) is 5.10 Å². The Hall–Kier alpha value is -2.32. The van der Waals surface area contributed by atoms with Crippen molar-refractivity contribution in [1.82, 2.24) is 35.5 Å². The van der Waals surface area contributed by atoms with Gasteiger partial charge in [-0.2, -0.15) is 0 Å². The summed E-state index contributed by atoms with van der Waals surface area (Å²) >= 11 is 0. The van der Waals surface area contributed by atoms with E-state index >= 15 is 0 Å². The van der Waals surface area contributed by atoms with Crippen LogP contribution in [-0.4, -0.2) is 57.0 Å². The number of nitrogens with one attached hydrogen (secondary N) is 2. The second-order valence-electron chi connectivity index (χ2n) is 7.58. The molecule has 3 aliphatic heterocycles. The molecule has 27 heavy (non-hydrogen) atoms. The summed E-state index contributed by atoms with van der Waals surface area (Å²) in [6, 6.07) is 4.32. The van der Waals surface area contributed by atoms with Crippen LogP contribution in [0.5, 0.6) is 0 Å². The molecule has 3 aliphatic rings. The number of hydrogen-bond acceptors (Lipinski definition) is 6. The molecule has 0 aromatic carbocycles. The van der Waals surface area contributed by atoms with Crippen molar-refractivity contribution in [2.24, 2.45) is 11.8 Å². The van der Waals surface area contributed by atoms with E-state index < -0.39 is 0 Å². The van der Waals surface area contributed by atoms with Crippen molar-refractivity contribution in [3.8, 4) is 0 Å². The first-order valence-corrected chi connectivity index (χ1v) is 9.67. The fraction of sp³-hybridized carbons (Fsp3) is 0.579. The highest BCUT2D eigenvalue weighted by Gasteiger charge is 2.43. The van der Waals surface area contributed by atoms with E-state index in [2.05, 4.69) is 30.8 Å². The van der Waals surface area contributed by atoms with Crippen LogP contribution in [0, 0.1) is 11.8 Å². The Morgan fingerprint density at radius 3 is 3.04 bits per heavy atom. The average molecular weight is 369 g/mol. The maximum Gasteiger partial charge on any atom is 0.224 e. The van der Waals surface area contributed by atoms with Crippen LogP contribution >= 0.6 is 0 Å². The fourth-order valence-corrected chi connectivity index (χ4v) is 4.35. The third-order valence-corrected chi connectivity index (χ3v) is 5.75. The molecule has 0 radical (unpaired) electrons. The highest BCUT2D eigenvalue weighted by molar-refractivity contribution is 5.79. The number of hydrogen-bond donors (Lipinski definition) is 2. The van der Waals surface area contributed by atoms with Gasteiger partial charge in [0.2, 0.25) is 5.91 Å². The van der Waals surface area contributed by atoms with Crippen LogP contribution in [0.15, 0.2) is 30.7 Å². The van der Waals surface area contributed by atoms with Gasteiger partial charge >= 0.3 is 0 Å². The quantitative estimate of drug-likeness (QED) is 0.735. The summed E-state index contributed by atoms with van der Waals surface area (Å²) in [4.78, 5) is 19.3. The zero-order valence-electron chi connectivity index (χ0n) is 15.7. The van der Waals surface area contributed by atoms with Crippen molar-refractivity contribution in [3.05, 3.63) is 42.0 Å². The van der Waals surface area contributed by atoms with Gasteiger partial charge in [-0.1, -0.05) is 11.3 Å². The summed E-state index contributed by atoms with van der Waals surface area (Å²) in [6.07, 6.45) is 7.71. The predicted molar refractivity (Wildman–Crippen MR) is 100 cm³/mol. The number of nitrogens with zero attached hydrogens (tertiary/aromatic N) is 5. The van der Waals surface area contributed by atoms with Gasteiger partial charge in [0.15, 0.2) is 0 Å². The molecule has 1 unspecified atom stereocenters. The van der Waals surface area contributed by atoms with Crippen LogP contribution in [-0.2, 0) is 24.4 Å². The molecule has 8 nitrogen and oxygen atoms in total. The predicted octanol–water partition coefficient (Wildman–Crippen LogP) is 0.419. The fourth-order valence-electron chi connectivity index (χ4n) is 4.35. The van der Waals surface area contributed by atoms with Crippen molar-refractivity contribution in [2.45, 2.75) is 38.5 Å². The number of pyridine rings is 1. The van der Waals surface area contributed by atoms with E-state index in [9.17, 15) is 4.79 Å². The van der Waals surface area contributed by atoms with Crippen molar-refractivity contribution in [3.63, 3.8) is 0 Å². The monoisotopic (exact) mass is 369 g/mol. The van der Waals surface area contributed by atoms with Crippen molar-refractivity contribution >= 4 is 5.91 Å². The van der Waals surface area contributed by atoms with Crippen LogP contribution < -0.4 is 10.6 Å². The zero-order chi connectivity index (χ0) is 18.6. The molecule has 5 rings (SSSR count). The Bertz CT molecular complexity index is 762. The van der Waals surface area contributed by atoms with Gasteiger partial charge in [-0.25, -0.2) is 0 Å². The molecular weight excluding hydrogens is 342 g/mol. The molecule has 2 bridgehead atoms. The minimum Gasteiger partial charge on any atom is -0.352 e. The molecule has 0 aliphatic carbocycles. The first-order valence-electron chi connectivity index (χ1n) is 9.67. The van der Waals surface area contributed by atoms with Crippen LogP contribution in [0.2, 0.25) is 0 Å². The number of carbonyl (C=O) groups excluding carboxylic acids is 1. The van der Waals surface area contributed by atoms with Crippen molar-refractivity contribution in [1.29, 1.82) is 0 Å². The maximum atomic E-state index is 12.7. The molecule has 2 aromatic rings. The van der Waals surface area contributed by atoms with Crippen LogP contribution in [0.1, 0.15) is 24.1 Å². The van der Waals surface area contributed by atoms with Crippen molar-refractivity contribution in [2.75, 3.05) is 20.1 Å². The normalized spacial score (nSPS) is 26.9. The van der Waals surface area contributed by atoms with Gasteiger partial charge in [0.25, 0.3) is 0 Å². The minimum absolute atomic E-state index is 0.0854. The summed E-state index contributed by atoms with van der Waals surface area (Å²) in [5, 5.41) is 14.6. The van der Waals surface area contributed by atoms with Gasteiger partial charge in [-0.3, -0.25) is 19.4 Å². The van der Waals surface area contributed by atoms with E-state index in [1.807, 2.05) is 30.1 Å². The summed E-state index contributed by atoms with van der Waals surface area (Å²) in [5.74, 6) is 0.709. The minimum atomic E-state index is 0.0854. The van der Waals surface area contributed by atoms with Gasteiger partial charge in [-0.05, 0) is 44.0 Å². The summed E-state index contributed by atoms with van der Waals surface area (Å²) in [5.41, 5.74) is 2.00. The lowest BCUT2D eigenvalue weighted by atomic mass is 9.75. The molecule has 3 fully saturated rings. The van der Waals surface area contributed by atoms with Crippen molar-refractivity contribution < 1.29 is 4.79 Å². The summed E-state index contributed by atoms with van der Waals surface area (Å²) in [7, 11) is 1.91. The number of rotatable bonds is 7. The molecule has 2 N–H and O–H groups in total. The Labute approximate surface area is 159 Å². The lowest BCUT2D eigenvalue weighted by Gasteiger charge is -2.49. The first-order chi connectivity index (χ1) is 13.2. The molecule has 0 spiro atoms. The van der Waals surface area contributed by atoms with Crippen LogP contribution in [0.3, 0.4) is 0 Å². The van der Waals surface area contributed by atoms with Gasteiger partial charge in [0.1, 0.15) is 0 Å². The maximum absolute atomic E-state index is 12.7. The van der Waals surface area contributed by atoms with E-state index in [-0.39, 0.29) is 11.8 Å². The smallest absolute Gasteiger partial charge is 0.224 e. The number of carbonyl (C=O) groups is 1. The summed E-state index contributed by atoms with van der Waals surface area (Å²) < 4.78 is 1.94. The Kier molecular flexibility index (Phi) is 5.45. The molecule has 0 saturated carbocycles. The van der Waals surface area contributed by atoms with Crippen LogP contribution in [0.4, 0.5) is 0 Å². The van der Waals surface area contributed by atoms with Crippen LogP contribution in [0.25, 0.3) is 0 Å². The highest BCUT2D eigenvalue weighted by atomic mass is 16.1. The first kappa shape index (κ1) is 18.1. The Morgan fingerprint density at radius 1 is 1.37 bits per heavy atom. The standard InChI is InChI=1S/C19H27N7O/c1-20-10-16-11-26(24-23-16)12-17-7-15-4-6-25(17)13-18(15)19(27)22-9-14-3-2-5-21-8-14/h2-3,5,8,11,15,17-18,20H,4,6-7,9-10,12-13H2,1H3,(H,22,27)/t15-,17+,18-/m0/s1. The second-order valence-corrected chi connectivity index (χ2v) is 7.58. The number of amides is 1. The number of aromatic nitrogens is 4. The molecule has 5 heterocycles. The lowest BCUT2D eigenvalue weighted by Crippen LogP contribution is -2.58. The lowest BCUT2D eigenvalue weighted by molar-refractivity contribution is -0.133. The SMILES string of the molecule is CNCc1cn(C[C@H]2C[C@@H]3CCN2C[C@@H]3C(=O)NCc2cccnc2)nn1. The zero-order valence-corrected chi connectivity index (χ0v) is 15.7. The number of fused-ring (bicyclic) bond motifs is 3. The molecule has 1 amide bonds. The van der Waals surface area contributed by atoms with Gasteiger partial charge in [0, 0.05) is 44.3 Å². The molecule has 2 aromatic heterocycles. The van der Waals surface area contributed by atoms with Gasteiger partial charge in [0.05, 0.1) is 18.2 Å². The van der Waals surface area contributed by atoms with E-state index in [0.29, 0.717) is 18.5 Å². The third-order valence-electron chi connectivity index (χ3n) is 5.75. The summed E-state index contributed by atoms with van der Waals surface area (Å²) in [6.45, 7) is 4.03. The third kappa shape index (κ3) is 4.17. The van der Waals surface area contributed by atoms with E-state index in [0.717, 1.165) is 50.3 Å². The molecule has 8 heteroatoms. The molecular formula is C19H27N7O. The van der Waals surface area contributed by atoms with E-state index in [1.165, 1.54) is 0 Å².